The number of nitrogens with one attached hydrogen (secondary N) is 1. The molecular weight excluding hydrogens is 497 g/mol. The summed E-state index contributed by atoms with van der Waals surface area (Å²) in [7, 11) is -2.18. The highest BCUT2D eigenvalue weighted by Gasteiger charge is 2.29. The lowest BCUT2D eigenvalue weighted by molar-refractivity contribution is -0.141. The number of sulfonamides is 1. The van der Waals surface area contributed by atoms with Crippen LogP contribution in [0.2, 0.25) is 0 Å². The number of hydrogen-bond acceptors (Lipinski definition) is 5. The third-order valence-corrected chi connectivity index (χ3v) is 7.02. The summed E-state index contributed by atoms with van der Waals surface area (Å²) in [5.74, 6) is -0.270. The highest BCUT2D eigenvalue weighted by molar-refractivity contribution is 7.92. The molecule has 0 aromatic heterocycles. The van der Waals surface area contributed by atoms with Gasteiger partial charge in [0.1, 0.15) is 17.6 Å². The molecule has 0 spiro atoms. The number of ether oxygens (including phenoxy) is 1. The fraction of sp³-hybridized carbons (Fsp3) is 0.481. The van der Waals surface area contributed by atoms with Gasteiger partial charge < -0.3 is 15.0 Å². The normalized spacial score (nSPS) is 12.2. The zero-order valence-electron chi connectivity index (χ0n) is 22.2. The molecule has 37 heavy (non-hydrogen) atoms. The van der Waals surface area contributed by atoms with Crippen LogP contribution in [-0.2, 0) is 26.2 Å². The van der Waals surface area contributed by atoms with Crippen LogP contribution in [0.5, 0.6) is 5.75 Å². The van der Waals surface area contributed by atoms with Crippen molar-refractivity contribution >= 4 is 27.5 Å². The number of anilines is 1. The van der Waals surface area contributed by atoms with Crippen LogP contribution in [-0.4, -0.2) is 57.6 Å². The van der Waals surface area contributed by atoms with Crippen LogP contribution in [0.3, 0.4) is 0 Å². The molecule has 8 nitrogen and oxygen atoms in total. The first-order valence-corrected chi connectivity index (χ1v) is 14.2. The second kappa shape index (κ2) is 14.0. The smallest absolute Gasteiger partial charge is 0.242 e. The summed E-state index contributed by atoms with van der Waals surface area (Å²) >= 11 is 0. The number of carbonyl (C=O) groups is 2. The molecule has 204 valence electrons. The van der Waals surface area contributed by atoms with Gasteiger partial charge >= 0.3 is 0 Å². The number of amides is 2. The number of hydrogen-bond donors (Lipinski definition) is 1. The molecule has 0 fully saturated rings. The van der Waals surface area contributed by atoms with Gasteiger partial charge in [0.2, 0.25) is 21.8 Å². The lowest BCUT2D eigenvalue weighted by Crippen LogP contribution is -2.49. The lowest BCUT2D eigenvalue weighted by Gasteiger charge is -2.31. The van der Waals surface area contributed by atoms with Gasteiger partial charge in [-0.3, -0.25) is 13.9 Å². The lowest BCUT2D eigenvalue weighted by atomic mass is 10.1. The summed E-state index contributed by atoms with van der Waals surface area (Å²) in [6, 6.07) is 11.9. The van der Waals surface area contributed by atoms with Gasteiger partial charge in [-0.1, -0.05) is 45.0 Å². The van der Waals surface area contributed by atoms with E-state index in [-0.39, 0.29) is 49.5 Å². The fourth-order valence-corrected chi connectivity index (χ4v) is 4.92. The summed E-state index contributed by atoms with van der Waals surface area (Å²) in [6.45, 7) is 6.48. The number of halogens is 1. The number of para-hydroxylation sites is 2. The molecule has 2 aromatic rings. The third-order valence-electron chi connectivity index (χ3n) is 5.84. The molecule has 0 aliphatic carbocycles. The largest absolute Gasteiger partial charge is 0.495 e. The Morgan fingerprint density at radius 2 is 1.73 bits per heavy atom. The summed E-state index contributed by atoms with van der Waals surface area (Å²) in [6.07, 6.45) is 1.76. The molecule has 2 amide bonds. The van der Waals surface area contributed by atoms with Crippen molar-refractivity contribution in [2.24, 2.45) is 5.92 Å². The SMILES string of the molecule is CCC(C(=O)NCC(C)C)N(Cc1ccc(F)cc1)C(=O)CCCN(c1ccccc1OC)S(C)(=O)=O. The second-order valence-corrected chi connectivity index (χ2v) is 11.2. The predicted molar refractivity (Wildman–Crippen MR) is 143 cm³/mol. The van der Waals surface area contributed by atoms with Crippen molar-refractivity contribution in [1.29, 1.82) is 0 Å². The molecule has 10 heteroatoms. The maximum Gasteiger partial charge on any atom is 0.242 e. The van der Waals surface area contributed by atoms with Crippen LogP contribution in [0, 0.1) is 11.7 Å². The van der Waals surface area contributed by atoms with Gasteiger partial charge in [-0.2, -0.15) is 0 Å². The van der Waals surface area contributed by atoms with Crippen molar-refractivity contribution in [2.75, 3.05) is 30.8 Å². The van der Waals surface area contributed by atoms with Gasteiger partial charge in [-0.25, -0.2) is 12.8 Å². The topological polar surface area (TPSA) is 96.0 Å². The van der Waals surface area contributed by atoms with Crippen molar-refractivity contribution < 1.29 is 27.1 Å². The highest BCUT2D eigenvalue weighted by atomic mass is 32.2. The molecule has 1 atom stereocenters. The van der Waals surface area contributed by atoms with E-state index in [1.165, 1.54) is 28.4 Å². The molecule has 0 saturated carbocycles. The maximum absolute atomic E-state index is 13.4. The molecule has 1 unspecified atom stereocenters. The van der Waals surface area contributed by atoms with Crippen LogP contribution < -0.4 is 14.4 Å². The van der Waals surface area contributed by atoms with Gasteiger partial charge in [-0.15, -0.1) is 0 Å². The first-order chi connectivity index (χ1) is 17.5. The van der Waals surface area contributed by atoms with Crippen LogP contribution in [0.15, 0.2) is 48.5 Å². The summed E-state index contributed by atoms with van der Waals surface area (Å²) in [5, 5.41) is 2.90. The van der Waals surface area contributed by atoms with E-state index in [2.05, 4.69) is 5.32 Å². The molecule has 0 saturated heterocycles. The minimum absolute atomic E-state index is 0.0241. The molecule has 0 radical (unpaired) electrons. The Morgan fingerprint density at radius 1 is 1.08 bits per heavy atom. The molecular formula is C27H38FN3O5S. The Morgan fingerprint density at radius 3 is 2.30 bits per heavy atom. The van der Waals surface area contributed by atoms with Gasteiger partial charge in [0.15, 0.2) is 0 Å². The molecule has 2 aromatic carbocycles. The summed E-state index contributed by atoms with van der Waals surface area (Å²) < 4.78 is 45.1. The van der Waals surface area contributed by atoms with E-state index in [0.29, 0.717) is 30.0 Å². The van der Waals surface area contributed by atoms with Crippen LogP contribution >= 0.6 is 0 Å². The molecule has 2 rings (SSSR count). The minimum atomic E-state index is -3.64. The van der Waals surface area contributed by atoms with E-state index < -0.39 is 16.1 Å². The molecule has 1 N–H and O–H groups in total. The van der Waals surface area contributed by atoms with E-state index in [9.17, 15) is 22.4 Å². The van der Waals surface area contributed by atoms with E-state index in [0.717, 1.165) is 6.26 Å². The number of benzene rings is 2. The van der Waals surface area contributed by atoms with Gasteiger partial charge in [0, 0.05) is 26.1 Å². The Bertz CT molecular complexity index is 1140. The second-order valence-electron chi connectivity index (χ2n) is 9.32. The number of carbonyl (C=O) groups excluding carboxylic acids is 2. The Labute approximate surface area is 219 Å². The predicted octanol–water partition coefficient (Wildman–Crippen LogP) is 3.96. The van der Waals surface area contributed by atoms with Gasteiger partial charge in [0.05, 0.1) is 19.1 Å². The summed E-state index contributed by atoms with van der Waals surface area (Å²) in [4.78, 5) is 27.9. The van der Waals surface area contributed by atoms with Gasteiger partial charge in [0.25, 0.3) is 0 Å². The van der Waals surface area contributed by atoms with E-state index in [1.54, 1.807) is 36.4 Å². The van der Waals surface area contributed by atoms with Crippen LogP contribution in [0.25, 0.3) is 0 Å². The Balaban J connectivity index is 2.23. The van der Waals surface area contributed by atoms with E-state index in [4.69, 9.17) is 4.74 Å². The van der Waals surface area contributed by atoms with Crippen LogP contribution in [0.4, 0.5) is 10.1 Å². The van der Waals surface area contributed by atoms with Gasteiger partial charge in [-0.05, 0) is 48.6 Å². The summed E-state index contributed by atoms with van der Waals surface area (Å²) in [5.41, 5.74) is 1.08. The molecule has 0 heterocycles. The van der Waals surface area contributed by atoms with Crippen LogP contribution in [0.1, 0.15) is 45.6 Å². The first kappa shape index (κ1) is 30.1. The zero-order chi connectivity index (χ0) is 27.6. The van der Waals surface area contributed by atoms with Crippen molar-refractivity contribution in [3.8, 4) is 5.75 Å². The number of methoxy groups -OCH3 is 1. The Hall–Kier alpha value is -3.14. The monoisotopic (exact) mass is 535 g/mol. The fourth-order valence-electron chi connectivity index (χ4n) is 3.95. The maximum atomic E-state index is 13.4. The third kappa shape index (κ3) is 9.03. The molecule has 0 bridgehead atoms. The number of rotatable bonds is 14. The zero-order valence-corrected chi connectivity index (χ0v) is 23.1. The van der Waals surface area contributed by atoms with Crippen molar-refractivity contribution in [1.82, 2.24) is 10.2 Å². The highest BCUT2D eigenvalue weighted by Crippen LogP contribution is 2.29. The van der Waals surface area contributed by atoms with Crippen molar-refractivity contribution in [2.45, 2.75) is 52.6 Å². The average Bonchev–Trinajstić information content (AvgIpc) is 2.85. The quantitative estimate of drug-likeness (QED) is 0.395. The van der Waals surface area contributed by atoms with E-state index in [1.807, 2.05) is 20.8 Å². The standard InChI is InChI=1S/C27H38FN3O5S/c1-6-23(27(33)29-18-20(2)3)30(19-21-13-15-22(28)16-14-21)26(32)12-9-17-31(37(5,34)35)24-10-7-8-11-25(24)36-4/h7-8,10-11,13-16,20,23H,6,9,12,17-19H2,1-5H3,(H,29,33). The van der Waals surface area contributed by atoms with Crippen molar-refractivity contribution in [3.63, 3.8) is 0 Å². The van der Waals surface area contributed by atoms with E-state index >= 15 is 0 Å². The number of nitrogens with zero attached hydrogens (tertiary/aromatic N) is 2. The molecule has 0 aliphatic rings. The minimum Gasteiger partial charge on any atom is -0.495 e. The Kier molecular flexibility index (Phi) is 11.4. The molecule has 0 aliphatic heterocycles. The first-order valence-electron chi connectivity index (χ1n) is 12.4. The average molecular weight is 536 g/mol. The van der Waals surface area contributed by atoms with Crippen molar-refractivity contribution in [3.05, 3.63) is 59.9 Å².